The molecule has 1 heterocycles. The highest BCUT2D eigenvalue weighted by Crippen LogP contribution is 2.28. The van der Waals surface area contributed by atoms with Gasteiger partial charge in [0.15, 0.2) is 0 Å². The lowest BCUT2D eigenvalue weighted by Gasteiger charge is -2.22. The minimum Gasteiger partial charge on any atom is -0.478 e. The third-order valence-corrected chi connectivity index (χ3v) is 3.38. The number of benzene rings is 1. The van der Waals surface area contributed by atoms with Gasteiger partial charge in [0, 0.05) is 12.6 Å². The molecule has 0 bridgehead atoms. The van der Waals surface area contributed by atoms with E-state index in [0.29, 0.717) is 17.5 Å². The van der Waals surface area contributed by atoms with Crippen LogP contribution in [0.3, 0.4) is 0 Å². The molecule has 0 fully saturated rings. The number of imidazole rings is 1. The summed E-state index contributed by atoms with van der Waals surface area (Å²) in [6.45, 7) is 4.17. The maximum Gasteiger partial charge on any atom is 0.337 e. The topological polar surface area (TPSA) is 75.3 Å². The maximum atomic E-state index is 11.3. The molecule has 0 saturated carbocycles. The van der Waals surface area contributed by atoms with Gasteiger partial charge in [-0.25, -0.2) is 9.78 Å². The number of carboxylic acids is 1. The molecule has 0 radical (unpaired) electrons. The molecule has 0 amide bonds. The molecule has 0 aliphatic carbocycles. The summed E-state index contributed by atoms with van der Waals surface area (Å²) in [6.07, 6.45) is 2.24. The number of nitrogens with zero attached hydrogens (tertiary/aromatic N) is 2. The van der Waals surface area contributed by atoms with E-state index >= 15 is 0 Å². The van der Waals surface area contributed by atoms with E-state index in [0.717, 1.165) is 0 Å². The van der Waals surface area contributed by atoms with E-state index in [2.05, 4.69) is 18.8 Å². The Bertz CT molecular complexity index is 589. The highest BCUT2D eigenvalue weighted by molar-refractivity contribution is 6.01. The Kier molecular flexibility index (Phi) is 3.85. The normalized spacial score (nSPS) is 13.1. The summed E-state index contributed by atoms with van der Waals surface area (Å²) in [5.41, 5.74) is 1.55. The average Bonchev–Trinajstić information content (AvgIpc) is 2.78. The number of rotatable bonds is 5. The molecule has 2 aromatic rings. The molecule has 0 spiro atoms. The molecule has 19 heavy (non-hydrogen) atoms. The van der Waals surface area contributed by atoms with Crippen LogP contribution < -0.4 is 0 Å². The average molecular weight is 262 g/mol. The Labute approximate surface area is 111 Å². The van der Waals surface area contributed by atoms with Crippen LogP contribution in [-0.4, -0.2) is 32.3 Å². The molecule has 5 nitrogen and oxygen atoms in total. The van der Waals surface area contributed by atoms with Gasteiger partial charge in [-0.15, -0.1) is 0 Å². The van der Waals surface area contributed by atoms with Crippen molar-refractivity contribution in [2.24, 2.45) is 5.92 Å². The fourth-order valence-corrected chi connectivity index (χ4v) is 2.44. The number of fused-ring (bicyclic) bond motifs is 1. The van der Waals surface area contributed by atoms with Crippen molar-refractivity contribution in [2.45, 2.75) is 26.3 Å². The number of hydrogen-bond acceptors (Lipinski definition) is 3. The Morgan fingerprint density at radius 2 is 2.16 bits per heavy atom. The molecular formula is C14H18N2O3. The van der Waals surface area contributed by atoms with Crippen molar-refractivity contribution < 1.29 is 15.0 Å². The van der Waals surface area contributed by atoms with Crippen molar-refractivity contribution in [3.8, 4) is 0 Å². The Morgan fingerprint density at radius 1 is 1.42 bits per heavy atom. The first-order valence-electron chi connectivity index (χ1n) is 6.36. The number of aliphatic hydroxyl groups is 1. The van der Waals surface area contributed by atoms with Gasteiger partial charge in [-0.2, -0.15) is 0 Å². The van der Waals surface area contributed by atoms with Gasteiger partial charge in [-0.1, -0.05) is 19.9 Å². The van der Waals surface area contributed by atoms with Crippen LogP contribution in [0.2, 0.25) is 0 Å². The zero-order chi connectivity index (χ0) is 14.0. The summed E-state index contributed by atoms with van der Waals surface area (Å²) in [7, 11) is 0. The van der Waals surface area contributed by atoms with Crippen LogP contribution in [0.1, 0.15) is 36.7 Å². The minimum atomic E-state index is -0.959. The highest BCUT2D eigenvalue weighted by Gasteiger charge is 2.20. The molecule has 0 saturated heterocycles. The van der Waals surface area contributed by atoms with Crippen molar-refractivity contribution in [1.82, 2.24) is 9.55 Å². The van der Waals surface area contributed by atoms with E-state index in [1.165, 1.54) is 0 Å². The molecule has 0 aliphatic heterocycles. The Hall–Kier alpha value is -1.88. The van der Waals surface area contributed by atoms with E-state index in [-0.39, 0.29) is 24.1 Å². The molecule has 0 aliphatic rings. The van der Waals surface area contributed by atoms with Gasteiger partial charge in [0.2, 0.25) is 0 Å². The summed E-state index contributed by atoms with van der Waals surface area (Å²) in [5, 5.41) is 18.5. The number of carbonyl (C=O) groups is 1. The summed E-state index contributed by atoms with van der Waals surface area (Å²) in [4.78, 5) is 15.6. The van der Waals surface area contributed by atoms with Crippen LogP contribution in [0.25, 0.3) is 11.0 Å². The van der Waals surface area contributed by atoms with Crippen LogP contribution in [0.15, 0.2) is 24.5 Å². The first-order chi connectivity index (χ1) is 9.06. The zero-order valence-electron chi connectivity index (χ0n) is 11.1. The first kappa shape index (κ1) is 13.5. The fraction of sp³-hybridized carbons (Fsp3) is 0.429. The molecule has 5 heteroatoms. The molecule has 102 valence electrons. The SMILES string of the molecule is CC(C)C(CCO)n1cnc2cccc(C(=O)O)c21. The van der Waals surface area contributed by atoms with E-state index in [1.807, 2.05) is 4.57 Å². The lowest BCUT2D eigenvalue weighted by Crippen LogP contribution is -2.17. The monoisotopic (exact) mass is 262 g/mol. The fourth-order valence-electron chi connectivity index (χ4n) is 2.44. The third kappa shape index (κ3) is 2.46. The molecule has 1 unspecified atom stereocenters. The van der Waals surface area contributed by atoms with E-state index in [9.17, 15) is 15.0 Å². The summed E-state index contributed by atoms with van der Waals surface area (Å²) in [5.74, 6) is -0.676. The molecule has 1 aromatic heterocycles. The largest absolute Gasteiger partial charge is 0.478 e. The maximum absolute atomic E-state index is 11.3. The van der Waals surface area contributed by atoms with Crippen LogP contribution in [0.4, 0.5) is 0 Å². The second kappa shape index (κ2) is 5.40. The van der Waals surface area contributed by atoms with Gasteiger partial charge in [-0.05, 0) is 24.5 Å². The molecule has 2 rings (SSSR count). The highest BCUT2D eigenvalue weighted by atomic mass is 16.4. The van der Waals surface area contributed by atoms with E-state index in [4.69, 9.17) is 0 Å². The number of aliphatic hydroxyl groups excluding tert-OH is 1. The van der Waals surface area contributed by atoms with Crippen molar-refractivity contribution in [3.63, 3.8) is 0 Å². The van der Waals surface area contributed by atoms with Crippen molar-refractivity contribution in [1.29, 1.82) is 0 Å². The van der Waals surface area contributed by atoms with Gasteiger partial charge in [0.25, 0.3) is 0 Å². The second-order valence-electron chi connectivity index (χ2n) is 4.95. The van der Waals surface area contributed by atoms with Gasteiger partial charge in [-0.3, -0.25) is 0 Å². The van der Waals surface area contributed by atoms with Crippen molar-refractivity contribution in [3.05, 3.63) is 30.1 Å². The minimum absolute atomic E-state index is 0.0375. The van der Waals surface area contributed by atoms with Gasteiger partial charge >= 0.3 is 5.97 Å². The number of para-hydroxylation sites is 1. The Balaban J connectivity index is 2.63. The van der Waals surface area contributed by atoms with E-state index in [1.54, 1.807) is 24.5 Å². The van der Waals surface area contributed by atoms with Gasteiger partial charge in [0.1, 0.15) is 0 Å². The van der Waals surface area contributed by atoms with Crippen LogP contribution in [0, 0.1) is 5.92 Å². The van der Waals surface area contributed by atoms with Crippen LogP contribution in [0.5, 0.6) is 0 Å². The van der Waals surface area contributed by atoms with Crippen molar-refractivity contribution in [2.75, 3.05) is 6.61 Å². The second-order valence-corrected chi connectivity index (χ2v) is 4.95. The number of hydrogen-bond donors (Lipinski definition) is 2. The predicted octanol–water partition coefficient (Wildman–Crippen LogP) is 2.31. The third-order valence-electron chi connectivity index (χ3n) is 3.38. The molecule has 1 atom stereocenters. The number of aromatic carboxylic acids is 1. The zero-order valence-corrected chi connectivity index (χ0v) is 11.1. The quantitative estimate of drug-likeness (QED) is 0.867. The van der Waals surface area contributed by atoms with E-state index < -0.39 is 5.97 Å². The summed E-state index contributed by atoms with van der Waals surface area (Å²) < 4.78 is 1.87. The first-order valence-corrected chi connectivity index (χ1v) is 6.36. The van der Waals surface area contributed by atoms with Gasteiger partial charge < -0.3 is 14.8 Å². The summed E-state index contributed by atoms with van der Waals surface area (Å²) in [6, 6.07) is 5.11. The van der Waals surface area contributed by atoms with Crippen LogP contribution in [-0.2, 0) is 0 Å². The van der Waals surface area contributed by atoms with Crippen molar-refractivity contribution >= 4 is 17.0 Å². The predicted molar refractivity (Wildman–Crippen MR) is 72.3 cm³/mol. The lowest BCUT2D eigenvalue weighted by molar-refractivity contribution is 0.0698. The van der Waals surface area contributed by atoms with Crippen LogP contribution >= 0.6 is 0 Å². The molecule has 2 N–H and O–H groups in total. The smallest absolute Gasteiger partial charge is 0.337 e. The summed E-state index contributed by atoms with van der Waals surface area (Å²) >= 11 is 0. The van der Waals surface area contributed by atoms with Gasteiger partial charge in [0.05, 0.1) is 22.9 Å². The number of carboxylic acid groups (broad SMARTS) is 1. The Morgan fingerprint density at radius 3 is 2.74 bits per heavy atom. The molecule has 1 aromatic carbocycles. The number of aromatic nitrogens is 2. The standard InChI is InChI=1S/C14H18N2O3/c1-9(2)12(6-7-17)16-8-15-11-5-3-4-10(13(11)16)14(18)19/h3-5,8-9,12,17H,6-7H2,1-2H3,(H,18,19). The lowest BCUT2D eigenvalue weighted by atomic mass is 10.0. The molecular weight excluding hydrogens is 244 g/mol.